The van der Waals surface area contributed by atoms with Gasteiger partial charge in [0.15, 0.2) is 0 Å². The molecule has 2 aromatic rings. The average molecular weight is 292 g/mol. The molecule has 0 spiro atoms. The summed E-state index contributed by atoms with van der Waals surface area (Å²) in [6.45, 7) is 4.28. The molecule has 0 radical (unpaired) electrons. The fourth-order valence-corrected chi connectivity index (χ4v) is 2.03. The standard InChI is InChI=1S/C15H14ClNO3/c1-10-4-3-5-15(11(10)2)20-9-12-6-7-13(17(18)19)8-14(12)16/h3-8H,9H2,1-2H3. The normalized spacial score (nSPS) is 10.3. The van der Waals surface area contributed by atoms with Gasteiger partial charge in [-0.3, -0.25) is 10.1 Å². The topological polar surface area (TPSA) is 52.4 Å². The summed E-state index contributed by atoms with van der Waals surface area (Å²) in [4.78, 5) is 10.2. The van der Waals surface area contributed by atoms with Gasteiger partial charge in [-0.1, -0.05) is 23.7 Å². The molecule has 0 aliphatic carbocycles. The minimum atomic E-state index is -0.471. The average Bonchev–Trinajstić information content (AvgIpc) is 2.41. The van der Waals surface area contributed by atoms with Crippen molar-refractivity contribution in [1.29, 1.82) is 0 Å². The second-order valence-electron chi connectivity index (χ2n) is 4.52. The van der Waals surface area contributed by atoms with Crippen LogP contribution in [0.4, 0.5) is 5.69 Å². The fraction of sp³-hybridized carbons (Fsp3) is 0.200. The summed E-state index contributed by atoms with van der Waals surface area (Å²) in [7, 11) is 0. The molecule has 0 saturated heterocycles. The number of nitro benzene ring substituents is 1. The quantitative estimate of drug-likeness (QED) is 0.618. The van der Waals surface area contributed by atoms with Gasteiger partial charge in [0.25, 0.3) is 5.69 Å². The molecule has 2 aromatic carbocycles. The Kier molecular flexibility index (Phi) is 4.25. The molecule has 0 saturated carbocycles. The first-order chi connectivity index (χ1) is 9.49. The number of nitro groups is 1. The first-order valence-electron chi connectivity index (χ1n) is 6.11. The second kappa shape index (κ2) is 5.92. The number of hydrogen-bond acceptors (Lipinski definition) is 3. The van der Waals surface area contributed by atoms with Crippen LogP contribution < -0.4 is 4.74 Å². The summed E-state index contributed by atoms with van der Waals surface area (Å²) in [5.74, 6) is 0.791. The van der Waals surface area contributed by atoms with E-state index in [1.165, 1.54) is 12.1 Å². The van der Waals surface area contributed by atoms with Crippen LogP contribution in [0.3, 0.4) is 0 Å². The molecule has 4 nitrogen and oxygen atoms in total. The van der Waals surface area contributed by atoms with Crippen molar-refractivity contribution < 1.29 is 9.66 Å². The molecule has 0 N–H and O–H groups in total. The van der Waals surface area contributed by atoms with Crippen molar-refractivity contribution in [3.8, 4) is 5.75 Å². The third-order valence-corrected chi connectivity index (χ3v) is 3.54. The summed E-state index contributed by atoms with van der Waals surface area (Å²) in [5.41, 5.74) is 2.92. The number of benzene rings is 2. The van der Waals surface area contributed by atoms with E-state index in [-0.39, 0.29) is 12.3 Å². The highest BCUT2D eigenvalue weighted by Gasteiger charge is 2.10. The Balaban J connectivity index is 2.15. The molecule has 0 aliphatic rings. The SMILES string of the molecule is Cc1cccc(OCc2ccc([N+](=O)[O-])cc2Cl)c1C. The third-order valence-electron chi connectivity index (χ3n) is 3.19. The molecular formula is C15H14ClNO3. The molecule has 0 atom stereocenters. The van der Waals surface area contributed by atoms with Gasteiger partial charge < -0.3 is 4.74 Å². The molecule has 0 fully saturated rings. The van der Waals surface area contributed by atoms with Gasteiger partial charge in [-0.15, -0.1) is 0 Å². The Bertz CT molecular complexity index is 656. The zero-order chi connectivity index (χ0) is 14.7. The van der Waals surface area contributed by atoms with Gasteiger partial charge in [0, 0.05) is 17.7 Å². The third kappa shape index (κ3) is 3.08. The molecule has 104 valence electrons. The highest BCUT2D eigenvalue weighted by Crippen LogP contribution is 2.26. The van der Waals surface area contributed by atoms with Gasteiger partial charge in [-0.2, -0.15) is 0 Å². The summed E-state index contributed by atoms with van der Waals surface area (Å²) in [6, 6.07) is 10.2. The van der Waals surface area contributed by atoms with Crippen molar-refractivity contribution in [1.82, 2.24) is 0 Å². The highest BCUT2D eigenvalue weighted by molar-refractivity contribution is 6.31. The van der Waals surface area contributed by atoms with Crippen LogP contribution in [0.15, 0.2) is 36.4 Å². The van der Waals surface area contributed by atoms with Crippen molar-refractivity contribution in [3.63, 3.8) is 0 Å². The molecule has 0 aliphatic heterocycles. The zero-order valence-electron chi connectivity index (χ0n) is 11.2. The summed E-state index contributed by atoms with van der Waals surface area (Å²) >= 11 is 6.03. The maximum Gasteiger partial charge on any atom is 0.270 e. The Hall–Kier alpha value is -2.07. The van der Waals surface area contributed by atoms with Gasteiger partial charge in [0.05, 0.1) is 9.95 Å². The van der Waals surface area contributed by atoms with E-state index in [0.717, 1.165) is 22.4 Å². The Morgan fingerprint density at radius 2 is 2.00 bits per heavy atom. The van der Waals surface area contributed by atoms with E-state index in [0.29, 0.717) is 5.02 Å². The molecule has 0 heterocycles. The fourth-order valence-electron chi connectivity index (χ4n) is 1.80. The van der Waals surface area contributed by atoms with E-state index < -0.39 is 4.92 Å². The predicted molar refractivity (Wildman–Crippen MR) is 78.4 cm³/mol. The summed E-state index contributed by atoms with van der Waals surface area (Å²) in [5, 5.41) is 11.0. The van der Waals surface area contributed by atoms with Crippen LogP contribution in [0.2, 0.25) is 5.02 Å². The van der Waals surface area contributed by atoms with Gasteiger partial charge >= 0.3 is 0 Å². The Morgan fingerprint density at radius 1 is 1.25 bits per heavy atom. The lowest BCUT2D eigenvalue weighted by atomic mass is 10.1. The number of non-ortho nitro benzene ring substituents is 1. The minimum absolute atomic E-state index is 0.0227. The highest BCUT2D eigenvalue weighted by atomic mass is 35.5. The molecule has 2 rings (SSSR count). The molecular weight excluding hydrogens is 278 g/mol. The largest absolute Gasteiger partial charge is 0.489 e. The lowest BCUT2D eigenvalue weighted by molar-refractivity contribution is -0.384. The van der Waals surface area contributed by atoms with Crippen molar-refractivity contribution in [2.45, 2.75) is 20.5 Å². The molecule has 0 unspecified atom stereocenters. The smallest absolute Gasteiger partial charge is 0.270 e. The Morgan fingerprint density at radius 3 is 2.65 bits per heavy atom. The van der Waals surface area contributed by atoms with Gasteiger partial charge in [-0.25, -0.2) is 0 Å². The van der Waals surface area contributed by atoms with E-state index in [1.807, 2.05) is 32.0 Å². The van der Waals surface area contributed by atoms with E-state index >= 15 is 0 Å². The summed E-state index contributed by atoms with van der Waals surface area (Å²) < 4.78 is 5.73. The van der Waals surface area contributed by atoms with Crippen LogP contribution in [0, 0.1) is 24.0 Å². The van der Waals surface area contributed by atoms with E-state index in [1.54, 1.807) is 6.07 Å². The molecule has 5 heteroatoms. The maximum atomic E-state index is 10.6. The molecule has 0 amide bonds. The molecule has 20 heavy (non-hydrogen) atoms. The number of nitrogens with zero attached hydrogens (tertiary/aromatic N) is 1. The van der Waals surface area contributed by atoms with Crippen molar-refractivity contribution in [2.75, 3.05) is 0 Å². The number of halogens is 1. The van der Waals surface area contributed by atoms with Crippen LogP contribution in [0.25, 0.3) is 0 Å². The van der Waals surface area contributed by atoms with Crippen molar-refractivity contribution in [2.24, 2.45) is 0 Å². The van der Waals surface area contributed by atoms with Gasteiger partial charge in [-0.05, 0) is 37.1 Å². The van der Waals surface area contributed by atoms with Crippen LogP contribution in [-0.2, 0) is 6.61 Å². The van der Waals surface area contributed by atoms with Crippen LogP contribution >= 0.6 is 11.6 Å². The van der Waals surface area contributed by atoms with Crippen LogP contribution in [0.1, 0.15) is 16.7 Å². The number of hydrogen-bond donors (Lipinski definition) is 0. The molecule has 0 aromatic heterocycles. The van der Waals surface area contributed by atoms with E-state index in [4.69, 9.17) is 16.3 Å². The van der Waals surface area contributed by atoms with E-state index in [9.17, 15) is 10.1 Å². The van der Waals surface area contributed by atoms with E-state index in [2.05, 4.69) is 0 Å². The maximum absolute atomic E-state index is 10.6. The van der Waals surface area contributed by atoms with Crippen molar-refractivity contribution in [3.05, 3.63) is 68.2 Å². The predicted octanol–water partition coefficient (Wildman–Crippen LogP) is 4.44. The van der Waals surface area contributed by atoms with Gasteiger partial charge in [0.1, 0.15) is 12.4 Å². The van der Waals surface area contributed by atoms with Gasteiger partial charge in [0.2, 0.25) is 0 Å². The summed E-state index contributed by atoms with van der Waals surface area (Å²) in [6.07, 6.45) is 0. The first-order valence-corrected chi connectivity index (χ1v) is 6.48. The molecule has 0 bridgehead atoms. The number of aryl methyl sites for hydroxylation is 1. The minimum Gasteiger partial charge on any atom is -0.489 e. The first kappa shape index (κ1) is 14.3. The lowest BCUT2D eigenvalue weighted by Crippen LogP contribution is -1.99. The Labute approximate surface area is 122 Å². The van der Waals surface area contributed by atoms with Crippen LogP contribution in [0.5, 0.6) is 5.75 Å². The number of rotatable bonds is 4. The zero-order valence-corrected chi connectivity index (χ0v) is 12.0. The van der Waals surface area contributed by atoms with Crippen LogP contribution in [-0.4, -0.2) is 4.92 Å². The monoisotopic (exact) mass is 291 g/mol. The van der Waals surface area contributed by atoms with Crippen molar-refractivity contribution >= 4 is 17.3 Å². The number of ether oxygens (including phenoxy) is 1. The lowest BCUT2D eigenvalue weighted by Gasteiger charge is -2.11. The second-order valence-corrected chi connectivity index (χ2v) is 4.93.